The number of fused-ring (bicyclic) bond motifs is 1. The normalized spacial score (nSPS) is 18.7. The van der Waals surface area contributed by atoms with Gasteiger partial charge in [0.25, 0.3) is 5.91 Å². The molecule has 1 heterocycles. The first-order valence-electron chi connectivity index (χ1n) is 9.13. The quantitative estimate of drug-likeness (QED) is 0.614. The average Bonchev–Trinajstić information content (AvgIpc) is 2.68. The van der Waals surface area contributed by atoms with E-state index in [1.807, 2.05) is 53.4 Å². The predicted molar refractivity (Wildman–Crippen MR) is 112 cm³/mol. The van der Waals surface area contributed by atoms with E-state index in [0.29, 0.717) is 10.6 Å². The number of benzene rings is 3. The van der Waals surface area contributed by atoms with E-state index in [-0.39, 0.29) is 18.0 Å². The van der Waals surface area contributed by atoms with Crippen molar-refractivity contribution in [3.8, 4) is 0 Å². The summed E-state index contributed by atoms with van der Waals surface area (Å²) < 4.78 is 0. The Hall–Kier alpha value is -2.78. The van der Waals surface area contributed by atoms with Gasteiger partial charge < -0.3 is 10.2 Å². The molecule has 0 bridgehead atoms. The van der Waals surface area contributed by atoms with Crippen molar-refractivity contribution in [2.45, 2.75) is 25.4 Å². The van der Waals surface area contributed by atoms with E-state index in [4.69, 9.17) is 11.6 Å². The van der Waals surface area contributed by atoms with Crippen molar-refractivity contribution in [3.05, 3.63) is 95.0 Å². The molecular formula is C23H21ClN2O. The van der Waals surface area contributed by atoms with Gasteiger partial charge in [-0.05, 0) is 55.3 Å². The molecule has 0 saturated carbocycles. The maximum atomic E-state index is 13.2. The van der Waals surface area contributed by atoms with E-state index in [1.54, 1.807) is 12.1 Å². The molecule has 3 aromatic rings. The Labute approximate surface area is 164 Å². The summed E-state index contributed by atoms with van der Waals surface area (Å²) in [6.07, 6.45) is 0.832. The lowest BCUT2D eigenvalue weighted by molar-refractivity contribution is 0.0974. The van der Waals surface area contributed by atoms with Crippen LogP contribution in [-0.4, -0.2) is 11.9 Å². The maximum Gasteiger partial charge on any atom is 0.258 e. The van der Waals surface area contributed by atoms with Crippen LogP contribution in [0.5, 0.6) is 0 Å². The van der Waals surface area contributed by atoms with Crippen LogP contribution in [0.4, 0.5) is 11.4 Å². The summed E-state index contributed by atoms with van der Waals surface area (Å²) in [6.45, 7) is 2.10. The van der Waals surface area contributed by atoms with Crippen LogP contribution in [0.2, 0.25) is 5.02 Å². The zero-order valence-electron chi connectivity index (χ0n) is 15.1. The predicted octanol–water partition coefficient (Wildman–Crippen LogP) is 5.93. The van der Waals surface area contributed by atoms with Gasteiger partial charge in [-0.2, -0.15) is 0 Å². The molecule has 1 N–H and O–H groups in total. The molecule has 0 aliphatic carbocycles. The zero-order valence-corrected chi connectivity index (χ0v) is 15.9. The average molecular weight is 377 g/mol. The van der Waals surface area contributed by atoms with E-state index in [9.17, 15) is 4.79 Å². The molecule has 136 valence electrons. The molecule has 3 aromatic carbocycles. The molecule has 2 atom stereocenters. The molecule has 4 heteroatoms. The maximum absolute atomic E-state index is 13.2. The third-order valence-electron chi connectivity index (χ3n) is 4.99. The molecule has 0 spiro atoms. The highest BCUT2D eigenvalue weighted by molar-refractivity contribution is 6.31. The van der Waals surface area contributed by atoms with Crippen LogP contribution in [0.3, 0.4) is 0 Å². The van der Waals surface area contributed by atoms with E-state index < -0.39 is 0 Å². The Morgan fingerprint density at radius 3 is 2.52 bits per heavy atom. The lowest BCUT2D eigenvalue weighted by Crippen LogP contribution is -2.44. The van der Waals surface area contributed by atoms with Crippen LogP contribution in [0.25, 0.3) is 0 Å². The van der Waals surface area contributed by atoms with E-state index >= 15 is 0 Å². The zero-order chi connectivity index (χ0) is 18.8. The molecule has 4 rings (SSSR count). The van der Waals surface area contributed by atoms with Crippen LogP contribution in [-0.2, 0) is 0 Å². The first-order chi connectivity index (χ1) is 13.1. The number of amides is 1. The number of rotatable bonds is 3. The van der Waals surface area contributed by atoms with Crippen LogP contribution < -0.4 is 10.2 Å². The van der Waals surface area contributed by atoms with Gasteiger partial charge in [0.2, 0.25) is 0 Å². The first-order valence-corrected chi connectivity index (χ1v) is 9.51. The topological polar surface area (TPSA) is 32.3 Å². The fourth-order valence-electron chi connectivity index (χ4n) is 3.75. The number of hydrogen-bond donors (Lipinski definition) is 1. The third-order valence-corrected chi connectivity index (χ3v) is 5.23. The second-order valence-electron chi connectivity index (χ2n) is 6.89. The highest BCUT2D eigenvalue weighted by Crippen LogP contribution is 2.39. The van der Waals surface area contributed by atoms with E-state index in [2.05, 4.69) is 30.4 Å². The molecule has 0 radical (unpaired) electrons. The number of nitrogens with zero attached hydrogens (tertiary/aromatic N) is 1. The molecule has 27 heavy (non-hydrogen) atoms. The van der Waals surface area contributed by atoms with Gasteiger partial charge in [-0.15, -0.1) is 0 Å². The number of carbonyl (C=O) groups excluding carboxylic acids is 1. The molecule has 1 aliphatic rings. The van der Waals surface area contributed by atoms with Gasteiger partial charge in [-0.1, -0.05) is 54.1 Å². The Balaban J connectivity index is 1.70. The number of carbonyl (C=O) groups is 1. The summed E-state index contributed by atoms with van der Waals surface area (Å²) in [5.74, 6) is -0.0180. The highest BCUT2D eigenvalue weighted by atomic mass is 35.5. The molecule has 0 fully saturated rings. The van der Waals surface area contributed by atoms with Crippen molar-refractivity contribution in [3.63, 3.8) is 0 Å². The van der Waals surface area contributed by atoms with Crippen molar-refractivity contribution in [2.24, 2.45) is 0 Å². The number of anilines is 2. The molecule has 1 aliphatic heterocycles. The van der Waals surface area contributed by atoms with Crippen LogP contribution >= 0.6 is 11.6 Å². The van der Waals surface area contributed by atoms with Crippen molar-refractivity contribution >= 4 is 28.9 Å². The molecule has 1 amide bonds. The standard InChI is InChI=1S/C23H21ClN2O/c1-16-14-21(25-19-10-3-2-4-11-19)20-12-5-6-13-22(20)26(16)23(27)17-8-7-9-18(24)15-17/h2-13,15-16,21,25H,14H2,1H3/t16-,21-/m0/s1. The number of halogens is 1. The summed E-state index contributed by atoms with van der Waals surface area (Å²) in [4.78, 5) is 15.1. The van der Waals surface area contributed by atoms with Gasteiger partial charge >= 0.3 is 0 Å². The Bertz CT molecular complexity index is 957. The summed E-state index contributed by atoms with van der Waals surface area (Å²) in [5, 5.41) is 4.19. The van der Waals surface area contributed by atoms with E-state index in [1.165, 1.54) is 0 Å². The van der Waals surface area contributed by atoms with Gasteiger partial charge in [0.1, 0.15) is 0 Å². The molecule has 0 aromatic heterocycles. The second kappa shape index (κ2) is 7.45. The largest absolute Gasteiger partial charge is 0.378 e. The molecule has 0 unspecified atom stereocenters. The summed E-state index contributed by atoms with van der Waals surface area (Å²) >= 11 is 6.10. The van der Waals surface area contributed by atoms with Crippen molar-refractivity contribution in [1.29, 1.82) is 0 Å². The lowest BCUT2D eigenvalue weighted by atomic mass is 9.90. The highest BCUT2D eigenvalue weighted by Gasteiger charge is 2.34. The lowest BCUT2D eigenvalue weighted by Gasteiger charge is -2.40. The minimum atomic E-state index is -0.0180. The number of hydrogen-bond acceptors (Lipinski definition) is 2. The molecule has 3 nitrogen and oxygen atoms in total. The molecule has 0 saturated heterocycles. The first kappa shape index (κ1) is 17.6. The minimum absolute atomic E-state index is 0.0180. The minimum Gasteiger partial charge on any atom is -0.378 e. The van der Waals surface area contributed by atoms with Crippen LogP contribution in [0, 0.1) is 0 Å². The van der Waals surface area contributed by atoms with Crippen LogP contribution in [0.1, 0.15) is 35.3 Å². The fraction of sp³-hybridized carbons (Fsp3) is 0.174. The van der Waals surface area contributed by atoms with Crippen molar-refractivity contribution < 1.29 is 4.79 Å². The van der Waals surface area contributed by atoms with Gasteiger partial charge in [0.05, 0.1) is 6.04 Å². The molecular weight excluding hydrogens is 356 g/mol. The van der Waals surface area contributed by atoms with Crippen LogP contribution in [0.15, 0.2) is 78.9 Å². The smallest absolute Gasteiger partial charge is 0.258 e. The number of para-hydroxylation sites is 2. The Morgan fingerprint density at radius 1 is 1.00 bits per heavy atom. The van der Waals surface area contributed by atoms with Gasteiger partial charge in [0.15, 0.2) is 0 Å². The Morgan fingerprint density at radius 2 is 1.74 bits per heavy atom. The monoisotopic (exact) mass is 376 g/mol. The third kappa shape index (κ3) is 3.56. The second-order valence-corrected chi connectivity index (χ2v) is 7.33. The van der Waals surface area contributed by atoms with Crippen molar-refractivity contribution in [2.75, 3.05) is 10.2 Å². The summed E-state index contributed by atoms with van der Waals surface area (Å²) in [5.41, 5.74) is 3.78. The van der Waals surface area contributed by atoms with Crippen molar-refractivity contribution in [1.82, 2.24) is 0 Å². The van der Waals surface area contributed by atoms with E-state index in [0.717, 1.165) is 23.4 Å². The fourth-order valence-corrected chi connectivity index (χ4v) is 3.95. The summed E-state index contributed by atoms with van der Waals surface area (Å²) in [7, 11) is 0. The Kier molecular flexibility index (Phi) is 4.87. The van der Waals surface area contributed by atoms with Gasteiger partial charge in [0, 0.05) is 28.0 Å². The van der Waals surface area contributed by atoms with Gasteiger partial charge in [-0.25, -0.2) is 0 Å². The SMILES string of the molecule is C[C@H]1C[C@H](Nc2ccccc2)c2ccccc2N1C(=O)c1cccc(Cl)c1. The van der Waals surface area contributed by atoms with Gasteiger partial charge in [-0.3, -0.25) is 4.79 Å². The summed E-state index contributed by atoms with van der Waals surface area (Å²) in [6, 6.07) is 25.7. The number of nitrogens with one attached hydrogen (secondary N) is 1.